The largest absolute Gasteiger partial charge is 0.342 e. The van der Waals surface area contributed by atoms with Crippen LogP contribution in [0.3, 0.4) is 0 Å². The van der Waals surface area contributed by atoms with E-state index in [1.54, 1.807) is 17.4 Å². The number of carbonyl (C=O) groups excluding carboxylic acids is 2. The zero-order chi connectivity index (χ0) is 21.1. The minimum atomic E-state index is -0.0763. The summed E-state index contributed by atoms with van der Waals surface area (Å²) in [5.41, 5.74) is 2.19. The Morgan fingerprint density at radius 1 is 1.13 bits per heavy atom. The lowest BCUT2D eigenvalue weighted by Gasteiger charge is -2.34. The maximum absolute atomic E-state index is 12.8. The van der Waals surface area contributed by atoms with E-state index in [1.807, 2.05) is 17.5 Å². The van der Waals surface area contributed by atoms with Gasteiger partial charge in [0, 0.05) is 50.4 Å². The maximum atomic E-state index is 12.8. The maximum Gasteiger partial charge on any atom is 0.276 e. The van der Waals surface area contributed by atoms with Crippen molar-refractivity contribution in [3.8, 4) is 0 Å². The van der Waals surface area contributed by atoms with Crippen molar-refractivity contribution in [1.82, 2.24) is 24.2 Å². The molecule has 0 unspecified atom stereocenters. The van der Waals surface area contributed by atoms with E-state index in [0.29, 0.717) is 23.2 Å². The number of nitrogens with zero attached hydrogens (tertiary/aromatic N) is 5. The number of aromatic nitrogens is 3. The Morgan fingerprint density at radius 3 is 2.57 bits per heavy atom. The summed E-state index contributed by atoms with van der Waals surface area (Å²) in [7, 11) is 1.82. The minimum Gasteiger partial charge on any atom is -0.342 e. The molecular formula is C23H33N5O2. The van der Waals surface area contributed by atoms with Crippen LogP contribution >= 0.6 is 0 Å². The normalized spacial score (nSPS) is 18.3. The summed E-state index contributed by atoms with van der Waals surface area (Å²) in [4.78, 5) is 38.2. The van der Waals surface area contributed by atoms with Gasteiger partial charge in [-0.3, -0.25) is 14.0 Å². The van der Waals surface area contributed by atoms with Crippen LogP contribution in [0.5, 0.6) is 0 Å². The quantitative estimate of drug-likeness (QED) is 0.729. The SMILES string of the molecule is CCCCN(C)C(=O)c1ncn2c(C3CCN(C(=O)C4CCCC4)CC3)ccnc12. The molecule has 0 N–H and O–H groups in total. The fourth-order valence-corrected chi connectivity index (χ4v) is 4.91. The third-order valence-corrected chi connectivity index (χ3v) is 6.79. The molecule has 0 atom stereocenters. The minimum absolute atomic E-state index is 0.0763. The standard InChI is InChI=1S/C23H33N5O2/c1-3-4-13-26(2)23(30)20-21-24-12-9-19(28(21)16-25-20)17-10-14-27(15-11-17)22(29)18-7-5-6-8-18/h9,12,16-18H,3-8,10-11,13-15H2,1-2H3. The van der Waals surface area contributed by atoms with Gasteiger partial charge in [-0.05, 0) is 38.2 Å². The van der Waals surface area contributed by atoms with E-state index >= 15 is 0 Å². The first-order valence-corrected chi connectivity index (χ1v) is 11.5. The van der Waals surface area contributed by atoms with Crippen molar-refractivity contribution in [2.45, 2.75) is 64.2 Å². The van der Waals surface area contributed by atoms with Crippen molar-refractivity contribution in [1.29, 1.82) is 0 Å². The molecule has 3 heterocycles. The number of piperidine rings is 1. The molecule has 1 aliphatic heterocycles. The second kappa shape index (κ2) is 9.14. The molecule has 2 aliphatic rings. The Labute approximate surface area is 178 Å². The van der Waals surface area contributed by atoms with Gasteiger partial charge in [-0.25, -0.2) is 9.97 Å². The van der Waals surface area contributed by atoms with Gasteiger partial charge >= 0.3 is 0 Å². The van der Waals surface area contributed by atoms with Crippen molar-refractivity contribution in [2.75, 3.05) is 26.7 Å². The van der Waals surface area contributed by atoms with Gasteiger partial charge in [0.15, 0.2) is 11.3 Å². The van der Waals surface area contributed by atoms with Crippen molar-refractivity contribution in [3.63, 3.8) is 0 Å². The fraction of sp³-hybridized carbons (Fsp3) is 0.652. The molecule has 2 aromatic rings. The summed E-state index contributed by atoms with van der Waals surface area (Å²) in [6, 6.07) is 2.03. The van der Waals surface area contributed by atoms with Crippen molar-refractivity contribution >= 4 is 17.5 Å². The summed E-state index contributed by atoms with van der Waals surface area (Å²) < 4.78 is 1.97. The number of fused-ring (bicyclic) bond motifs is 1. The lowest BCUT2D eigenvalue weighted by molar-refractivity contribution is -0.136. The number of hydrogen-bond donors (Lipinski definition) is 0. The molecule has 4 rings (SSSR count). The van der Waals surface area contributed by atoms with Crippen LogP contribution in [0.1, 0.15) is 80.4 Å². The zero-order valence-corrected chi connectivity index (χ0v) is 18.2. The average molecular weight is 412 g/mol. The van der Waals surface area contributed by atoms with E-state index in [9.17, 15) is 9.59 Å². The van der Waals surface area contributed by atoms with Gasteiger partial charge in [0.05, 0.1) is 0 Å². The molecule has 7 heteroatoms. The molecule has 1 saturated carbocycles. The van der Waals surface area contributed by atoms with Gasteiger partial charge in [-0.1, -0.05) is 26.2 Å². The van der Waals surface area contributed by atoms with Gasteiger partial charge in [-0.15, -0.1) is 0 Å². The number of amides is 2. The van der Waals surface area contributed by atoms with Gasteiger partial charge in [0.2, 0.25) is 5.91 Å². The smallest absolute Gasteiger partial charge is 0.276 e. The molecule has 2 fully saturated rings. The molecule has 1 saturated heterocycles. The second-order valence-corrected chi connectivity index (χ2v) is 8.82. The highest BCUT2D eigenvalue weighted by Crippen LogP contribution is 2.32. The van der Waals surface area contributed by atoms with E-state index in [-0.39, 0.29) is 11.8 Å². The average Bonchev–Trinajstić information content (AvgIpc) is 3.46. The molecule has 2 amide bonds. The Morgan fingerprint density at radius 2 is 1.87 bits per heavy atom. The van der Waals surface area contributed by atoms with E-state index in [0.717, 1.165) is 63.9 Å². The van der Waals surface area contributed by atoms with Gasteiger partial charge in [-0.2, -0.15) is 0 Å². The first-order valence-electron chi connectivity index (χ1n) is 11.5. The van der Waals surface area contributed by atoms with Gasteiger partial charge in [0.1, 0.15) is 6.33 Å². The van der Waals surface area contributed by atoms with Gasteiger partial charge < -0.3 is 9.80 Å². The highest BCUT2D eigenvalue weighted by Gasteiger charge is 2.31. The number of unbranched alkanes of at least 4 members (excludes halogenated alkanes) is 1. The zero-order valence-electron chi connectivity index (χ0n) is 18.2. The van der Waals surface area contributed by atoms with Crippen molar-refractivity contribution in [2.24, 2.45) is 5.92 Å². The molecule has 0 aromatic carbocycles. The topological polar surface area (TPSA) is 70.8 Å². The first-order chi connectivity index (χ1) is 14.6. The van der Waals surface area contributed by atoms with Crippen molar-refractivity contribution < 1.29 is 9.59 Å². The molecule has 2 aromatic heterocycles. The summed E-state index contributed by atoms with van der Waals surface area (Å²) >= 11 is 0. The summed E-state index contributed by atoms with van der Waals surface area (Å²) in [5.74, 6) is 0.878. The van der Waals surface area contributed by atoms with Crippen LogP contribution in [0.15, 0.2) is 18.6 Å². The Kier molecular flexibility index (Phi) is 6.35. The van der Waals surface area contributed by atoms with Crippen LogP contribution in [0.2, 0.25) is 0 Å². The predicted molar refractivity (Wildman–Crippen MR) is 115 cm³/mol. The van der Waals surface area contributed by atoms with E-state index in [2.05, 4.69) is 21.8 Å². The third kappa shape index (κ3) is 4.07. The lowest BCUT2D eigenvalue weighted by atomic mass is 9.92. The van der Waals surface area contributed by atoms with E-state index < -0.39 is 0 Å². The molecular weight excluding hydrogens is 378 g/mol. The van der Waals surface area contributed by atoms with Crippen LogP contribution in [-0.4, -0.2) is 62.7 Å². The van der Waals surface area contributed by atoms with Crippen LogP contribution in [0.4, 0.5) is 0 Å². The van der Waals surface area contributed by atoms with Crippen molar-refractivity contribution in [3.05, 3.63) is 30.0 Å². The number of rotatable bonds is 6. The predicted octanol–water partition coefficient (Wildman–Crippen LogP) is 3.50. The number of carbonyl (C=O) groups is 2. The molecule has 30 heavy (non-hydrogen) atoms. The first kappa shape index (κ1) is 20.8. The number of hydrogen-bond acceptors (Lipinski definition) is 4. The Bertz CT molecular complexity index is 894. The van der Waals surface area contributed by atoms with Crippen LogP contribution < -0.4 is 0 Å². The molecule has 0 radical (unpaired) electrons. The van der Waals surface area contributed by atoms with E-state index in [4.69, 9.17) is 0 Å². The number of imidazole rings is 1. The second-order valence-electron chi connectivity index (χ2n) is 8.82. The third-order valence-electron chi connectivity index (χ3n) is 6.79. The van der Waals surface area contributed by atoms with Crippen LogP contribution in [0.25, 0.3) is 5.65 Å². The van der Waals surface area contributed by atoms with Gasteiger partial charge in [0.25, 0.3) is 5.91 Å². The summed E-state index contributed by atoms with van der Waals surface area (Å²) in [5, 5.41) is 0. The monoisotopic (exact) mass is 411 g/mol. The molecule has 1 aliphatic carbocycles. The number of likely N-dealkylation sites (tertiary alicyclic amines) is 1. The highest BCUT2D eigenvalue weighted by atomic mass is 16.2. The lowest BCUT2D eigenvalue weighted by Crippen LogP contribution is -2.41. The molecule has 0 bridgehead atoms. The van der Waals surface area contributed by atoms with Crippen LogP contribution in [-0.2, 0) is 4.79 Å². The van der Waals surface area contributed by atoms with E-state index in [1.165, 1.54) is 12.8 Å². The molecule has 162 valence electrons. The summed E-state index contributed by atoms with van der Waals surface area (Å²) in [6.07, 6.45) is 11.9. The van der Waals surface area contributed by atoms with Crippen LogP contribution in [0, 0.1) is 5.92 Å². The fourth-order valence-electron chi connectivity index (χ4n) is 4.91. The Balaban J connectivity index is 1.47. The highest BCUT2D eigenvalue weighted by molar-refractivity contribution is 5.97. The molecule has 0 spiro atoms. The molecule has 7 nitrogen and oxygen atoms in total. The summed E-state index contributed by atoms with van der Waals surface area (Å²) in [6.45, 7) is 4.46. The Hall–Kier alpha value is -2.44.